The molecule has 1 rings (SSSR count). The van der Waals surface area contributed by atoms with Gasteiger partial charge >= 0.3 is 0 Å². The molecule has 0 atom stereocenters. The third kappa shape index (κ3) is 0.782. The molecule has 3 N–H and O–H groups in total. The number of nitrogens with two attached hydrogens (primary N) is 1. The van der Waals surface area contributed by atoms with Crippen molar-refractivity contribution in [2.24, 2.45) is 0 Å². The van der Waals surface area contributed by atoms with E-state index in [0.29, 0.717) is 5.69 Å². The molecule has 0 aliphatic rings. The van der Waals surface area contributed by atoms with Gasteiger partial charge in [-0.1, -0.05) is 0 Å². The number of hydrogen-bond donors (Lipinski definition) is 2. The lowest BCUT2D eigenvalue weighted by Gasteiger charge is -1.99. The van der Waals surface area contributed by atoms with E-state index in [-0.39, 0.29) is 5.88 Å². The van der Waals surface area contributed by atoms with Gasteiger partial charge in [0, 0.05) is 6.20 Å². The fraction of sp³-hybridized carbons (Fsp3) is 0.200. The first-order chi connectivity index (χ1) is 4.25. The van der Waals surface area contributed by atoms with Crippen molar-refractivity contribution in [3.8, 4) is 5.88 Å². The number of aromatic nitrogens is 1. The molecule has 0 fully saturated rings. The summed E-state index contributed by atoms with van der Waals surface area (Å²) in [7, 11) is 1.44. The van der Waals surface area contributed by atoms with Crippen molar-refractivity contribution in [3.63, 3.8) is 0 Å². The first-order valence-electron chi connectivity index (χ1n) is 2.46. The molecule has 0 bridgehead atoms. The second kappa shape index (κ2) is 1.89. The van der Waals surface area contributed by atoms with Crippen LogP contribution in [0.1, 0.15) is 0 Å². The van der Waals surface area contributed by atoms with Gasteiger partial charge in [-0.15, -0.1) is 0 Å². The maximum atomic E-state index is 8.95. The highest BCUT2D eigenvalue weighted by molar-refractivity contribution is 5.47. The number of nitrogen functional groups attached to an aromatic ring is 1. The average Bonchev–Trinajstić information content (AvgIpc) is 2.15. The first-order valence-corrected chi connectivity index (χ1v) is 2.46. The Kier molecular flexibility index (Phi) is 1.22. The van der Waals surface area contributed by atoms with Crippen LogP contribution in [0.25, 0.3) is 0 Å². The van der Waals surface area contributed by atoms with E-state index in [1.54, 1.807) is 6.07 Å². The highest BCUT2D eigenvalue weighted by Crippen LogP contribution is 2.18. The zero-order valence-corrected chi connectivity index (χ0v) is 5.03. The first kappa shape index (κ1) is 5.81. The van der Waals surface area contributed by atoms with Crippen LogP contribution < -0.4 is 10.6 Å². The van der Waals surface area contributed by atoms with Gasteiger partial charge in [0.25, 0.3) is 0 Å². The van der Waals surface area contributed by atoms with Crippen LogP contribution in [0.4, 0.5) is 5.69 Å². The van der Waals surface area contributed by atoms with Crippen LogP contribution in [0, 0.1) is 0 Å². The fourth-order valence-corrected chi connectivity index (χ4v) is 0.568. The standard InChI is InChI=1S/C5H8N2O2/c1-9-7-3-2-4(6)5(7)8/h2-3,8H,6H2,1H3. The van der Waals surface area contributed by atoms with Gasteiger partial charge in [-0.3, -0.25) is 0 Å². The highest BCUT2D eigenvalue weighted by atomic mass is 16.7. The third-order valence-electron chi connectivity index (χ3n) is 1.05. The van der Waals surface area contributed by atoms with Gasteiger partial charge in [0.1, 0.15) is 7.11 Å². The molecule has 1 aromatic heterocycles. The van der Waals surface area contributed by atoms with Crippen LogP contribution in [-0.4, -0.2) is 16.9 Å². The lowest BCUT2D eigenvalue weighted by molar-refractivity contribution is 0.142. The van der Waals surface area contributed by atoms with Crippen LogP contribution in [-0.2, 0) is 0 Å². The molecule has 0 saturated carbocycles. The van der Waals surface area contributed by atoms with Crippen molar-refractivity contribution in [1.82, 2.24) is 4.73 Å². The highest BCUT2D eigenvalue weighted by Gasteiger charge is 2.01. The molecule has 9 heavy (non-hydrogen) atoms. The van der Waals surface area contributed by atoms with E-state index in [1.807, 2.05) is 0 Å². The Morgan fingerprint density at radius 3 is 2.67 bits per heavy atom. The topological polar surface area (TPSA) is 60.4 Å². The second-order valence-corrected chi connectivity index (χ2v) is 1.60. The maximum Gasteiger partial charge on any atom is 0.248 e. The van der Waals surface area contributed by atoms with Crippen molar-refractivity contribution in [3.05, 3.63) is 12.3 Å². The molecule has 4 nitrogen and oxygen atoms in total. The molecular formula is C5H8N2O2. The maximum absolute atomic E-state index is 8.95. The molecule has 1 heterocycles. The minimum absolute atomic E-state index is 0.0579. The fourth-order valence-electron chi connectivity index (χ4n) is 0.568. The zero-order chi connectivity index (χ0) is 6.85. The van der Waals surface area contributed by atoms with Crippen LogP contribution in [0.5, 0.6) is 5.88 Å². The summed E-state index contributed by atoms with van der Waals surface area (Å²) in [5, 5.41) is 8.95. The summed E-state index contributed by atoms with van der Waals surface area (Å²) >= 11 is 0. The molecule has 4 heteroatoms. The Bertz CT molecular complexity index is 207. The Balaban J connectivity index is 3.04. The van der Waals surface area contributed by atoms with Crippen LogP contribution in [0.2, 0.25) is 0 Å². The van der Waals surface area contributed by atoms with E-state index in [4.69, 9.17) is 10.8 Å². The molecule has 0 spiro atoms. The predicted octanol–water partition coefficient (Wildman–Crippen LogP) is -0.166. The summed E-state index contributed by atoms with van der Waals surface area (Å²) in [4.78, 5) is 4.65. The summed E-state index contributed by atoms with van der Waals surface area (Å²) in [6.45, 7) is 0. The SMILES string of the molecule is COn1ccc(N)c1O. The van der Waals surface area contributed by atoms with E-state index < -0.39 is 0 Å². The summed E-state index contributed by atoms with van der Waals surface area (Å²) in [5.74, 6) is -0.0579. The Morgan fingerprint density at radius 1 is 1.78 bits per heavy atom. The summed E-state index contributed by atoms with van der Waals surface area (Å²) in [6.07, 6.45) is 1.53. The average molecular weight is 128 g/mol. The lowest BCUT2D eigenvalue weighted by Crippen LogP contribution is -2.02. The largest absolute Gasteiger partial charge is 0.491 e. The van der Waals surface area contributed by atoms with Gasteiger partial charge < -0.3 is 15.7 Å². The quantitative estimate of drug-likeness (QED) is 0.552. The van der Waals surface area contributed by atoms with Crippen molar-refractivity contribution >= 4 is 5.69 Å². The van der Waals surface area contributed by atoms with Gasteiger partial charge in [0.2, 0.25) is 5.88 Å². The van der Waals surface area contributed by atoms with Crippen LogP contribution in [0.3, 0.4) is 0 Å². The van der Waals surface area contributed by atoms with E-state index in [2.05, 4.69) is 4.84 Å². The van der Waals surface area contributed by atoms with E-state index in [0.717, 1.165) is 0 Å². The predicted molar refractivity (Wildman–Crippen MR) is 33.0 cm³/mol. The Hall–Kier alpha value is -1.32. The van der Waals surface area contributed by atoms with Gasteiger partial charge in [0.05, 0.1) is 5.69 Å². The number of rotatable bonds is 1. The lowest BCUT2D eigenvalue weighted by atomic mass is 10.5. The Morgan fingerprint density at radius 2 is 2.44 bits per heavy atom. The van der Waals surface area contributed by atoms with Crippen molar-refractivity contribution in [1.29, 1.82) is 0 Å². The normalized spacial score (nSPS) is 9.44. The molecule has 0 saturated heterocycles. The van der Waals surface area contributed by atoms with Crippen molar-refractivity contribution < 1.29 is 9.94 Å². The minimum Gasteiger partial charge on any atom is -0.491 e. The smallest absolute Gasteiger partial charge is 0.248 e. The van der Waals surface area contributed by atoms with Crippen molar-refractivity contribution in [2.75, 3.05) is 12.8 Å². The molecule has 0 radical (unpaired) electrons. The molecule has 0 unspecified atom stereocenters. The monoisotopic (exact) mass is 128 g/mol. The summed E-state index contributed by atoms with van der Waals surface area (Å²) in [5.41, 5.74) is 5.58. The summed E-state index contributed by atoms with van der Waals surface area (Å²) < 4.78 is 1.18. The summed E-state index contributed by atoms with van der Waals surface area (Å²) in [6, 6.07) is 1.55. The van der Waals surface area contributed by atoms with Gasteiger partial charge in [-0.05, 0) is 6.07 Å². The van der Waals surface area contributed by atoms with Crippen molar-refractivity contribution in [2.45, 2.75) is 0 Å². The molecule has 0 aromatic carbocycles. The minimum atomic E-state index is -0.0579. The van der Waals surface area contributed by atoms with E-state index in [9.17, 15) is 0 Å². The molecule has 0 amide bonds. The molecular weight excluding hydrogens is 120 g/mol. The van der Waals surface area contributed by atoms with Gasteiger partial charge in [0.15, 0.2) is 0 Å². The number of nitrogens with zero attached hydrogens (tertiary/aromatic N) is 1. The van der Waals surface area contributed by atoms with Gasteiger partial charge in [-0.2, -0.15) is 4.73 Å². The van der Waals surface area contributed by atoms with Crippen LogP contribution in [0.15, 0.2) is 12.3 Å². The number of anilines is 1. The van der Waals surface area contributed by atoms with Crippen LogP contribution >= 0.6 is 0 Å². The number of hydrogen-bond acceptors (Lipinski definition) is 3. The third-order valence-corrected chi connectivity index (χ3v) is 1.05. The second-order valence-electron chi connectivity index (χ2n) is 1.60. The molecule has 50 valence electrons. The Labute approximate surface area is 52.4 Å². The molecule has 0 aliphatic carbocycles. The molecule has 1 aromatic rings. The number of aromatic hydroxyl groups is 1. The van der Waals surface area contributed by atoms with E-state index >= 15 is 0 Å². The molecule has 0 aliphatic heterocycles. The van der Waals surface area contributed by atoms with Gasteiger partial charge in [-0.25, -0.2) is 0 Å². The van der Waals surface area contributed by atoms with E-state index in [1.165, 1.54) is 18.0 Å². The zero-order valence-electron chi connectivity index (χ0n) is 5.03.